The second kappa shape index (κ2) is 5.34. The second-order valence-electron chi connectivity index (χ2n) is 3.94. The monoisotopic (exact) mass is 235 g/mol. The largest absolute Gasteiger partial charge is 0.389 e. The summed E-state index contributed by atoms with van der Waals surface area (Å²) in [5.74, 6) is 0.747. The van der Waals surface area contributed by atoms with Gasteiger partial charge in [0.2, 0.25) is 0 Å². The van der Waals surface area contributed by atoms with Crippen LogP contribution in [0.3, 0.4) is 0 Å². The zero-order valence-electron chi connectivity index (χ0n) is 9.17. The summed E-state index contributed by atoms with van der Waals surface area (Å²) < 4.78 is 37.6. The minimum atomic E-state index is -4.08. The highest BCUT2D eigenvalue weighted by molar-refractivity contribution is 4.94. The minimum Gasteiger partial charge on any atom is -0.335 e. The Morgan fingerprint density at radius 1 is 1.50 bits per heavy atom. The Hall–Kier alpha value is -1.04. The lowest BCUT2D eigenvalue weighted by atomic mass is 10.2. The van der Waals surface area contributed by atoms with Gasteiger partial charge < -0.3 is 10.3 Å². The van der Waals surface area contributed by atoms with E-state index in [1.165, 1.54) is 0 Å². The normalized spacial score (nSPS) is 14.1. The van der Waals surface area contributed by atoms with Crippen LogP contribution < -0.4 is 5.73 Å². The zero-order chi connectivity index (χ0) is 12.2. The molecule has 16 heavy (non-hydrogen) atoms. The van der Waals surface area contributed by atoms with Gasteiger partial charge in [0.05, 0.1) is 0 Å². The molecule has 6 heteroatoms. The third-order valence-electron chi connectivity index (χ3n) is 2.17. The van der Waals surface area contributed by atoms with Gasteiger partial charge in [0, 0.05) is 37.8 Å². The zero-order valence-corrected chi connectivity index (χ0v) is 9.17. The quantitative estimate of drug-likeness (QED) is 0.849. The Morgan fingerprint density at radius 2 is 2.19 bits per heavy atom. The molecule has 2 N–H and O–H groups in total. The number of aryl methyl sites for hydroxylation is 1. The van der Waals surface area contributed by atoms with E-state index in [-0.39, 0.29) is 12.5 Å². The predicted molar refractivity (Wildman–Crippen MR) is 54.9 cm³/mol. The SMILES string of the molecule is CC(N)Cc1nccn1CCCC(F)(F)F. The molecule has 1 heterocycles. The van der Waals surface area contributed by atoms with Gasteiger partial charge in [0.1, 0.15) is 5.82 Å². The smallest absolute Gasteiger partial charge is 0.335 e. The lowest BCUT2D eigenvalue weighted by Gasteiger charge is -2.10. The van der Waals surface area contributed by atoms with Crippen LogP contribution >= 0.6 is 0 Å². The molecule has 0 saturated carbocycles. The molecule has 0 aliphatic rings. The summed E-state index contributed by atoms with van der Waals surface area (Å²) in [6.45, 7) is 2.18. The van der Waals surface area contributed by atoms with Gasteiger partial charge in [0.15, 0.2) is 0 Å². The van der Waals surface area contributed by atoms with Gasteiger partial charge in [-0.05, 0) is 13.3 Å². The third-order valence-corrected chi connectivity index (χ3v) is 2.17. The summed E-state index contributed by atoms with van der Waals surface area (Å²) in [7, 11) is 0. The van der Waals surface area contributed by atoms with E-state index < -0.39 is 12.6 Å². The highest BCUT2D eigenvalue weighted by atomic mass is 19.4. The topological polar surface area (TPSA) is 43.8 Å². The predicted octanol–water partition coefficient (Wildman–Crippen LogP) is 2.12. The molecule has 0 amide bonds. The van der Waals surface area contributed by atoms with Gasteiger partial charge in [-0.15, -0.1) is 0 Å². The van der Waals surface area contributed by atoms with Crippen molar-refractivity contribution in [2.45, 2.75) is 44.9 Å². The van der Waals surface area contributed by atoms with E-state index in [1.54, 1.807) is 17.0 Å². The summed E-state index contributed by atoms with van der Waals surface area (Å²) in [5, 5.41) is 0. The number of alkyl halides is 3. The molecule has 0 radical (unpaired) electrons. The van der Waals surface area contributed by atoms with Gasteiger partial charge in [-0.3, -0.25) is 0 Å². The number of halogens is 3. The van der Waals surface area contributed by atoms with E-state index in [0.717, 1.165) is 5.82 Å². The third kappa shape index (κ3) is 4.65. The van der Waals surface area contributed by atoms with Crippen molar-refractivity contribution in [3.63, 3.8) is 0 Å². The summed E-state index contributed by atoms with van der Waals surface area (Å²) in [5.41, 5.74) is 5.62. The minimum absolute atomic E-state index is 0.0382. The van der Waals surface area contributed by atoms with Crippen LogP contribution in [0.4, 0.5) is 13.2 Å². The maximum Gasteiger partial charge on any atom is 0.389 e. The van der Waals surface area contributed by atoms with Crippen LogP contribution in [0.5, 0.6) is 0 Å². The summed E-state index contributed by atoms with van der Waals surface area (Å²) in [6.07, 6.45) is -0.908. The van der Waals surface area contributed by atoms with Crippen molar-refractivity contribution in [3.8, 4) is 0 Å². The van der Waals surface area contributed by atoms with Crippen LogP contribution in [0, 0.1) is 0 Å². The van der Waals surface area contributed by atoms with E-state index in [0.29, 0.717) is 13.0 Å². The van der Waals surface area contributed by atoms with E-state index in [2.05, 4.69) is 4.98 Å². The van der Waals surface area contributed by atoms with Crippen LogP contribution in [-0.4, -0.2) is 21.8 Å². The first-order valence-corrected chi connectivity index (χ1v) is 5.21. The first-order chi connectivity index (χ1) is 7.38. The summed E-state index contributed by atoms with van der Waals surface area (Å²) >= 11 is 0. The fourth-order valence-electron chi connectivity index (χ4n) is 1.47. The second-order valence-corrected chi connectivity index (χ2v) is 3.94. The van der Waals surface area contributed by atoms with Crippen LogP contribution in [0.2, 0.25) is 0 Å². The van der Waals surface area contributed by atoms with Crippen molar-refractivity contribution < 1.29 is 13.2 Å². The molecule has 1 aromatic rings. The standard InChI is InChI=1S/C10H16F3N3/c1-8(14)7-9-15-4-6-16(9)5-2-3-10(11,12)13/h4,6,8H,2-3,5,7,14H2,1H3. The number of nitrogens with zero attached hydrogens (tertiary/aromatic N) is 2. The number of hydrogen-bond acceptors (Lipinski definition) is 2. The number of nitrogens with two attached hydrogens (primary N) is 1. The van der Waals surface area contributed by atoms with Gasteiger partial charge >= 0.3 is 6.18 Å². The van der Waals surface area contributed by atoms with Crippen LogP contribution in [0.1, 0.15) is 25.6 Å². The average Bonchev–Trinajstić information content (AvgIpc) is 2.49. The molecular formula is C10H16F3N3. The van der Waals surface area contributed by atoms with E-state index >= 15 is 0 Å². The Kier molecular flexibility index (Phi) is 4.35. The molecule has 0 fully saturated rings. The summed E-state index contributed by atoms with van der Waals surface area (Å²) in [6, 6.07) is -0.0382. The summed E-state index contributed by atoms with van der Waals surface area (Å²) in [4.78, 5) is 4.07. The number of hydrogen-bond donors (Lipinski definition) is 1. The molecule has 3 nitrogen and oxygen atoms in total. The highest BCUT2D eigenvalue weighted by Crippen LogP contribution is 2.21. The lowest BCUT2D eigenvalue weighted by molar-refractivity contribution is -0.135. The Labute approximate surface area is 92.5 Å². The fraction of sp³-hybridized carbons (Fsp3) is 0.700. The van der Waals surface area contributed by atoms with Crippen molar-refractivity contribution in [2.75, 3.05) is 0 Å². The van der Waals surface area contributed by atoms with Crippen LogP contribution in [-0.2, 0) is 13.0 Å². The van der Waals surface area contributed by atoms with E-state index in [4.69, 9.17) is 5.73 Å². The lowest BCUT2D eigenvalue weighted by Crippen LogP contribution is -2.21. The van der Waals surface area contributed by atoms with Crippen molar-refractivity contribution in [1.29, 1.82) is 0 Å². The first-order valence-electron chi connectivity index (χ1n) is 5.21. The molecule has 1 atom stereocenters. The molecule has 0 bridgehead atoms. The highest BCUT2D eigenvalue weighted by Gasteiger charge is 2.26. The molecule has 1 aromatic heterocycles. The van der Waals surface area contributed by atoms with Crippen molar-refractivity contribution in [2.24, 2.45) is 5.73 Å². The molecular weight excluding hydrogens is 219 g/mol. The maximum atomic E-state index is 12.0. The van der Waals surface area contributed by atoms with Crippen LogP contribution in [0.25, 0.3) is 0 Å². The van der Waals surface area contributed by atoms with Gasteiger partial charge in [-0.25, -0.2) is 4.98 Å². The molecule has 0 saturated heterocycles. The molecule has 1 rings (SSSR count). The first kappa shape index (κ1) is 13.0. The van der Waals surface area contributed by atoms with Crippen molar-refractivity contribution in [3.05, 3.63) is 18.2 Å². The Bertz CT molecular complexity index is 317. The van der Waals surface area contributed by atoms with Gasteiger partial charge in [0.25, 0.3) is 0 Å². The number of rotatable bonds is 5. The van der Waals surface area contributed by atoms with Crippen molar-refractivity contribution >= 4 is 0 Å². The molecule has 92 valence electrons. The Balaban J connectivity index is 2.45. The average molecular weight is 235 g/mol. The number of imidazole rings is 1. The van der Waals surface area contributed by atoms with E-state index in [1.807, 2.05) is 6.92 Å². The molecule has 0 aliphatic heterocycles. The van der Waals surface area contributed by atoms with Crippen molar-refractivity contribution in [1.82, 2.24) is 9.55 Å². The van der Waals surface area contributed by atoms with Gasteiger partial charge in [-0.2, -0.15) is 13.2 Å². The molecule has 1 unspecified atom stereocenters. The Morgan fingerprint density at radius 3 is 2.75 bits per heavy atom. The maximum absolute atomic E-state index is 12.0. The van der Waals surface area contributed by atoms with Crippen LogP contribution in [0.15, 0.2) is 12.4 Å². The molecule has 0 aromatic carbocycles. The number of aromatic nitrogens is 2. The fourth-order valence-corrected chi connectivity index (χ4v) is 1.47. The van der Waals surface area contributed by atoms with Gasteiger partial charge in [-0.1, -0.05) is 0 Å². The van der Waals surface area contributed by atoms with E-state index in [9.17, 15) is 13.2 Å². The molecule has 0 spiro atoms. The molecule has 0 aliphatic carbocycles.